The van der Waals surface area contributed by atoms with Gasteiger partial charge in [-0.15, -0.1) is 0 Å². The molecule has 2 aliphatic heterocycles. The van der Waals surface area contributed by atoms with Crippen LogP contribution in [0.5, 0.6) is 5.75 Å². The lowest BCUT2D eigenvalue weighted by atomic mass is 9.52. The number of fused-ring (bicyclic) bond motifs is 1. The molecule has 1 aromatic rings. The smallest absolute Gasteiger partial charge is 0.471 e. The van der Waals surface area contributed by atoms with Crippen molar-refractivity contribution in [3.05, 3.63) is 29.3 Å². The fraction of sp³-hybridized carbons (Fsp3) is 0.682. The Kier molecular flexibility index (Phi) is 4.42. The molecule has 1 aromatic carbocycles. The highest BCUT2D eigenvalue weighted by Crippen LogP contribution is 2.56. The molecule has 1 amide bonds. The van der Waals surface area contributed by atoms with Gasteiger partial charge in [0, 0.05) is 31.1 Å². The molecule has 2 bridgehead atoms. The number of hydrogen-bond acceptors (Lipinski definition) is 4. The zero-order valence-corrected chi connectivity index (χ0v) is 16.8. The van der Waals surface area contributed by atoms with Gasteiger partial charge in [-0.05, 0) is 74.2 Å². The molecule has 5 rings (SSSR count). The number of aromatic hydroxyl groups is 1. The zero-order chi connectivity index (χ0) is 21.3. The monoisotopic (exact) mass is 424 g/mol. The molecule has 4 aliphatic rings. The van der Waals surface area contributed by atoms with Gasteiger partial charge in [0.15, 0.2) is 0 Å². The third-order valence-electron chi connectivity index (χ3n) is 7.96. The van der Waals surface area contributed by atoms with E-state index >= 15 is 0 Å². The summed E-state index contributed by atoms with van der Waals surface area (Å²) in [6.45, 7) is 1.51. The third-order valence-corrected chi connectivity index (χ3v) is 7.96. The van der Waals surface area contributed by atoms with Crippen molar-refractivity contribution >= 4 is 5.91 Å². The van der Waals surface area contributed by atoms with Crippen LogP contribution in [0.2, 0.25) is 0 Å². The van der Waals surface area contributed by atoms with Gasteiger partial charge in [0.2, 0.25) is 0 Å². The molecule has 2 N–H and O–H groups in total. The van der Waals surface area contributed by atoms with Crippen LogP contribution in [-0.2, 0) is 16.6 Å². The van der Waals surface area contributed by atoms with Crippen molar-refractivity contribution in [2.45, 2.75) is 61.8 Å². The van der Waals surface area contributed by atoms with Gasteiger partial charge < -0.3 is 15.1 Å². The summed E-state index contributed by atoms with van der Waals surface area (Å²) in [5, 5.41) is 22.3. The summed E-state index contributed by atoms with van der Waals surface area (Å²) in [6.07, 6.45) is -0.967. The van der Waals surface area contributed by atoms with Crippen LogP contribution in [0.1, 0.15) is 43.2 Å². The maximum Gasteiger partial charge on any atom is 0.471 e. The standard InChI is InChI=1S/C22H27F3N2O3/c23-22(24,25)19(29)26-8-5-20-6-9-27(13-14-1-2-14)18(21(20,30)7-10-26)11-15-3-4-16(28)12-17(15)20/h3-4,12,14,18,28,30H,1-2,5-11,13H2/t18-,20+,21-/m1/s1. The molecule has 3 fully saturated rings. The van der Waals surface area contributed by atoms with Crippen LogP contribution in [0.3, 0.4) is 0 Å². The summed E-state index contributed by atoms with van der Waals surface area (Å²) in [7, 11) is 0. The highest BCUT2D eigenvalue weighted by atomic mass is 19.4. The molecule has 3 atom stereocenters. The largest absolute Gasteiger partial charge is 0.508 e. The number of alkyl halides is 3. The van der Waals surface area contributed by atoms with Crippen molar-refractivity contribution < 1.29 is 28.2 Å². The number of piperidine rings is 1. The van der Waals surface area contributed by atoms with Crippen LogP contribution in [0.15, 0.2) is 18.2 Å². The first-order chi connectivity index (χ1) is 14.1. The van der Waals surface area contributed by atoms with Crippen molar-refractivity contribution in [2.75, 3.05) is 26.2 Å². The van der Waals surface area contributed by atoms with E-state index in [9.17, 15) is 28.2 Å². The molecule has 0 aromatic heterocycles. The molecule has 5 nitrogen and oxygen atoms in total. The Hall–Kier alpha value is -1.80. The maximum atomic E-state index is 13.1. The molecule has 1 saturated carbocycles. The van der Waals surface area contributed by atoms with E-state index in [1.807, 2.05) is 6.07 Å². The average Bonchev–Trinajstić information content (AvgIpc) is 3.50. The van der Waals surface area contributed by atoms with Crippen LogP contribution >= 0.6 is 0 Å². The quantitative estimate of drug-likeness (QED) is 0.766. The van der Waals surface area contributed by atoms with Crippen molar-refractivity contribution in [3.8, 4) is 5.75 Å². The average molecular weight is 424 g/mol. The molecule has 2 heterocycles. The minimum atomic E-state index is -4.92. The second-order valence-corrected chi connectivity index (χ2v) is 9.55. The third kappa shape index (κ3) is 2.94. The van der Waals surface area contributed by atoms with E-state index in [1.54, 1.807) is 12.1 Å². The van der Waals surface area contributed by atoms with Gasteiger partial charge in [0.05, 0.1) is 5.60 Å². The van der Waals surface area contributed by atoms with Gasteiger partial charge in [0.1, 0.15) is 5.75 Å². The normalized spacial score (nSPS) is 34.1. The van der Waals surface area contributed by atoms with E-state index in [0.29, 0.717) is 18.8 Å². The first kappa shape index (κ1) is 20.1. The molecule has 2 saturated heterocycles. The number of carbonyl (C=O) groups is 1. The van der Waals surface area contributed by atoms with Crippen LogP contribution in [0.25, 0.3) is 0 Å². The van der Waals surface area contributed by atoms with Gasteiger partial charge >= 0.3 is 12.1 Å². The van der Waals surface area contributed by atoms with Gasteiger partial charge in [-0.1, -0.05) is 6.07 Å². The van der Waals surface area contributed by atoms with Gasteiger partial charge in [-0.2, -0.15) is 13.2 Å². The van der Waals surface area contributed by atoms with Crippen LogP contribution in [0, 0.1) is 5.92 Å². The lowest BCUT2D eigenvalue weighted by Crippen LogP contribution is -2.71. The number of carbonyl (C=O) groups excluding carboxylic acids is 1. The number of nitrogens with zero attached hydrogens (tertiary/aromatic N) is 2. The topological polar surface area (TPSA) is 64.0 Å². The number of phenols is 1. The summed E-state index contributed by atoms with van der Waals surface area (Å²) in [5.74, 6) is -1.10. The number of hydrogen-bond donors (Lipinski definition) is 2. The highest BCUT2D eigenvalue weighted by molar-refractivity contribution is 5.82. The van der Waals surface area contributed by atoms with Crippen molar-refractivity contribution in [2.24, 2.45) is 5.92 Å². The SMILES string of the molecule is O=C(N1CC[C@]23CCN(CC4CC4)[C@H](Cc4ccc(O)cc42)[C@]3(O)CC1)C(F)(F)F. The molecular formula is C22H27F3N2O3. The molecule has 2 aliphatic carbocycles. The second-order valence-electron chi connectivity index (χ2n) is 9.55. The Morgan fingerprint density at radius 1 is 1.13 bits per heavy atom. The Morgan fingerprint density at radius 2 is 1.83 bits per heavy atom. The number of rotatable bonds is 2. The molecule has 8 heteroatoms. The Balaban J connectivity index is 1.57. The highest BCUT2D eigenvalue weighted by Gasteiger charge is 2.64. The fourth-order valence-corrected chi connectivity index (χ4v) is 6.25. The summed E-state index contributed by atoms with van der Waals surface area (Å²) in [5.41, 5.74) is -0.112. The van der Waals surface area contributed by atoms with Crippen molar-refractivity contribution in [1.82, 2.24) is 9.80 Å². The Morgan fingerprint density at radius 3 is 2.53 bits per heavy atom. The first-order valence-corrected chi connectivity index (χ1v) is 10.8. The van der Waals surface area contributed by atoms with Gasteiger partial charge in [-0.25, -0.2) is 0 Å². The van der Waals surface area contributed by atoms with E-state index in [1.165, 1.54) is 12.8 Å². The molecule has 30 heavy (non-hydrogen) atoms. The number of benzene rings is 1. The maximum absolute atomic E-state index is 13.1. The van der Waals surface area contributed by atoms with E-state index in [0.717, 1.165) is 29.1 Å². The number of amides is 1. The minimum absolute atomic E-state index is 0.0505. The summed E-state index contributed by atoms with van der Waals surface area (Å²) in [6, 6.07) is 5.00. The van der Waals surface area contributed by atoms with Gasteiger partial charge in [0.25, 0.3) is 0 Å². The lowest BCUT2D eigenvalue weighted by molar-refractivity contribution is -0.185. The minimum Gasteiger partial charge on any atom is -0.508 e. The number of phenolic OH excluding ortho intramolecular Hbond substituents is 1. The van der Waals surface area contributed by atoms with Crippen LogP contribution in [0.4, 0.5) is 13.2 Å². The second kappa shape index (κ2) is 6.60. The summed E-state index contributed by atoms with van der Waals surface area (Å²) >= 11 is 0. The molecule has 0 radical (unpaired) electrons. The molecule has 164 valence electrons. The Bertz CT molecular complexity index is 872. The van der Waals surface area contributed by atoms with Crippen molar-refractivity contribution in [1.29, 1.82) is 0 Å². The van der Waals surface area contributed by atoms with Crippen LogP contribution < -0.4 is 0 Å². The molecular weight excluding hydrogens is 397 g/mol. The number of likely N-dealkylation sites (tertiary alicyclic amines) is 2. The van der Waals surface area contributed by atoms with Crippen LogP contribution in [-0.4, -0.2) is 69.9 Å². The first-order valence-electron chi connectivity index (χ1n) is 10.8. The zero-order valence-electron chi connectivity index (χ0n) is 16.8. The van der Waals surface area contributed by atoms with E-state index in [-0.39, 0.29) is 37.7 Å². The van der Waals surface area contributed by atoms with Gasteiger partial charge in [-0.3, -0.25) is 9.69 Å². The molecule has 0 spiro atoms. The summed E-state index contributed by atoms with van der Waals surface area (Å²) in [4.78, 5) is 15.1. The number of aliphatic hydroxyl groups is 1. The number of halogens is 3. The summed E-state index contributed by atoms with van der Waals surface area (Å²) < 4.78 is 39.3. The molecule has 0 unspecified atom stereocenters. The predicted molar refractivity (Wildman–Crippen MR) is 103 cm³/mol. The van der Waals surface area contributed by atoms with E-state index < -0.39 is 23.1 Å². The fourth-order valence-electron chi connectivity index (χ4n) is 6.25. The van der Waals surface area contributed by atoms with E-state index in [4.69, 9.17) is 0 Å². The van der Waals surface area contributed by atoms with E-state index in [2.05, 4.69) is 4.90 Å². The lowest BCUT2D eigenvalue weighted by Gasteiger charge is -2.61. The predicted octanol–water partition coefficient (Wildman–Crippen LogP) is 2.59. The Labute approximate surface area is 173 Å². The van der Waals surface area contributed by atoms with Crippen molar-refractivity contribution in [3.63, 3.8) is 0 Å².